The highest BCUT2D eigenvalue weighted by Gasteiger charge is 2.19. The number of carbonyl (C=O) groups excluding carboxylic acids is 2. The van der Waals surface area contributed by atoms with E-state index in [0.29, 0.717) is 24.1 Å². The van der Waals surface area contributed by atoms with Crippen molar-refractivity contribution < 1.29 is 27.9 Å². The Balaban J connectivity index is 1.43. The number of halogens is 1. The molecule has 0 radical (unpaired) electrons. The molecule has 0 aliphatic carbocycles. The van der Waals surface area contributed by atoms with E-state index in [9.17, 15) is 18.8 Å². The molecule has 2 heterocycles. The fourth-order valence-corrected chi connectivity index (χ4v) is 3.31. The molecule has 8 heteroatoms. The predicted octanol–water partition coefficient (Wildman–Crippen LogP) is 3.46. The van der Waals surface area contributed by atoms with E-state index in [1.807, 2.05) is 0 Å². The average Bonchev–Trinajstić information content (AvgIpc) is 3.30. The lowest BCUT2D eigenvalue weighted by Gasteiger charge is -2.10. The summed E-state index contributed by atoms with van der Waals surface area (Å²) in [5, 5.41) is 3.20. The van der Waals surface area contributed by atoms with Crippen LogP contribution in [0.15, 0.2) is 63.8 Å². The summed E-state index contributed by atoms with van der Waals surface area (Å²) in [6.45, 7) is 1.00. The zero-order valence-corrected chi connectivity index (χ0v) is 17.0. The van der Waals surface area contributed by atoms with Gasteiger partial charge in [-0.2, -0.15) is 0 Å². The van der Waals surface area contributed by atoms with Gasteiger partial charge >= 0.3 is 11.6 Å². The van der Waals surface area contributed by atoms with E-state index in [0.717, 1.165) is 12.8 Å². The van der Waals surface area contributed by atoms with Crippen LogP contribution in [-0.4, -0.2) is 31.1 Å². The van der Waals surface area contributed by atoms with Gasteiger partial charge < -0.3 is 19.2 Å². The zero-order valence-electron chi connectivity index (χ0n) is 17.0. The third-order valence-corrected chi connectivity index (χ3v) is 4.97. The van der Waals surface area contributed by atoms with Crippen LogP contribution in [0, 0.1) is 5.82 Å². The molecule has 0 saturated carbocycles. The van der Waals surface area contributed by atoms with Crippen molar-refractivity contribution in [2.75, 3.05) is 13.2 Å². The second kappa shape index (κ2) is 9.57. The Hall–Kier alpha value is -3.78. The lowest BCUT2D eigenvalue weighted by Crippen LogP contribution is -2.34. The molecule has 1 N–H and O–H groups in total. The number of carbonyl (C=O) groups is 2. The SMILES string of the molecule is O=C(/C=C/c1ccc(F)cc1)Oc1ccc2cc(C(=O)NCC3CCCO3)c(=O)oc2c1. The van der Waals surface area contributed by atoms with Gasteiger partial charge in [-0.25, -0.2) is 14.0 Å². The summed E-state index contributed by atoms with van der Waals surface area (Å²) in [6.07, 6.45) is 4.47. The van der Waals surface area contributed by atoms with Crippen molar-refractivity contribution in [3.63, 3.8) is 0 Å². The van der Waals surface area contributed by atoms with Crippen molar-refractivity contribution in [2.45, 2.75) is 18.9 Å². The molecule has 2 aromatic carbocycles. The summed E-state index contributed by atoms with van der Waals surface area (Å²) in [7, 11) is 0. The summed E-state index contributed by atoms with van der Waals surface area (Å²) in [5.74, 6) is -1.38. The van der Waals surface area contributed by atoms with Crippen LogP contribution >= 0.6 is 0 Å². The van der Waals surface area contributed by atoms with Gasteiger partial charge in [0.1, 0.15) is 22.7 Å². The Labute approximate surface area is 182 Å². The van der Waals surface area contributed by atoms with Crippen molar-refractivity contribution in [1.82, 2.24) is 5.32 Å². The number of ether oxygens (including phenoxy) is 2. The highest BCUT2D eigenvalue weighted by molar-refractivity contribution is 5.97. The maximum absolute atomic E-state index is 12.9. The second-order valence-corrected chi connectivity index (χ2v) is 7.30. The fourth-order valence-electron chi connectivity index (χ4n) is 3.31. The highest BCUT2D eigenvalue weighted by atomic mass is 19.1. The number of amides is 1. The first-order chi connectivity index (χ1) is 15.5. The molecule has 3 aromatic rings. The Morgan fingerprint density at radius 2 is 1.97 bits per heavy atom. The van der Waals surface area contributed by atoms with Crippen LogP contribution in [0.5, 0.6) is 5.75 Å². The standard InChI is InChI=1S/C24H20FNO6/c25-17-7-3-15(4-8-17)5-10-22(27)31-18-9-6-16-12-20(24(29)32-21(16)13-18)23(28)26-14-19-2-1-11-30-19/h3-10,12-13,19H,1-2,11,14H2,(H,26,28)/b10-5+. The zero-order chi connectivity index (χ0) is 22.5. The van der Waals surface area contributed by atoms with Crippen molar-refractivity contribution in [3.8, 4) is 5.75 Å². The van der Waals surface area contributed by atoms with Crippen LogP contribution in [0.3, 0.4) is 0 Å². The smallest absolute Gasteiger partial charge is 0.349 e. The number of benzene rings is 2. The molecule has 1 saturated heterocycles. The molecular formula is C24H20FNO6. The van der Waals surface area contributed by atoms with Crippen LogP contribution in [0.25, 0.3) is 17.0 Å². The van der Waals surface area contributed by atoms with Crippen LogP contribution < -0.4 is 15.7 Å². The summed E-state index contributed by atoms with van der Waals surface area (Å²) in [6, 6.07) is 11.6. The first kappa shape index (κ1) is 21.5. The van der Waals surface area contributed by atoms with Gasteiger partial charge in [-0.3, -0.25) is 4.79 Å². The van der Waals surface area contributed by atoms with Gasteiger partial charge in [0.2, 0.25) is 0 Å². The number of fused-ring (bicyclic) bond motifs is 1. The third-order valence-electron chi connectivity index (χ3n) is 4.97. The summed E-state index contributed by atoms with van der Waals surface area (Å²) < 4.78 is 28.9. The van der Waals surface area contributed by atoms with Gasteiger partial charge in [0, 0.05) is 30.7 Å². The van der Waals surface area contributed by atoms with Crippen LogP contribution in [0.1, 0.15) is 28.8 Å². The van der Waals surface area contributed by atoms with E-state index in [1.54, 1.807) is 6.07 Å². The second-order valence-electron chi connectivity index (χ2n) is 7.30. The van der Waals surface area contributed by atoms with E-state index in [2.05, 4.69) is 5.32 Å². The molecule has 32 heavy (non-hydrogen) atoms. The molecule has 1 aliphatic rings. The molecule has 1 unspecified atom stereocenters. The molecule has 4 rings (SSSR count). The number of hydrogen-bond acceptors (Lipinski definition) is 6. The van der Waals surface area contributed by atoms with E-state index >= 15 is 0 Å². The van der Waals surface area contributed by atoms with Crippen LogP contribution in [0.2, 0.25) is 0 Å². The van der Waals surface area contributed by atoms with Gasteiger partial charge in [0.15, 0.2) is 0 Å². The van der Waals surface area contributed by atoms with Gasteiger partial charge in [-0.05, 0) is 54.8 Å². The normalized spacial score (nSPS) is 15.8. The van der Waals surface area contributed by atoms with Crippen LogP contribution in [0.4, 0.5) is 4.39 Å². The monoisotopic (exact) mass is 437 g/mol. The van der Waals surface area contributed by atoms with Crippen molar-refractivity contribution in [1.29, 1.82) is 0 Å². The summed E-state index contributed by atoms with van der Waals surface area (Å²) >= 11 is 0. The Bertz CT molecular complexity index is 1230. The molecule has 1 amide bonds. The van der Waals surface area contributed by atoms with E-state index in [-0.39, 0.29) is 28.8 Å². The average molecular weight is 437 g/mol. The molecule has 1 fully saturated rings. The van der Waals surface area contributed by atoms with Gasteiger partial charge in [0.05, 0.1) is 6.10 Å². The minimum atomic E-state index is -0.790. The number of esters is 1. The Kier molecular flexibility index (Phi) is 6.42. The van der Waals surface area contributed by atoms with E-state index in [4.69, 9.17) is 13.9 Å². The lowest BCUT2D eigenvalue weighted by molar-refractivity contribution is -0.128. The molecule has 1 aromatic heterocycles. The van der Waals surface area contributed by atoms with E-state index < -0.39 is 17.5 Å². The quantitative estimate of drug-likeness (QED) is 0.275. The highest BCUT2D eigenvalue weighted by Crippen LogP contribution is 2.21. The first-order valence-electron chi connectivity index (χ1n) is 10.1. The molecule has 1 aliphatic heterocycles. The molecule has 0 bridgehead atoms. The van der Waals surface area contributed by atoms with Gasteiger partial charge in [-0.1, -0.05) is 12.1 Å². The molecule has 7 nitrogen and oxygen atoms in total. The predicted molar refractivity (Wildman–Crippen MR) is 115 cm³/mol. The minimum Gasteiger partial charge on any atom is -0.423 e. The minimum absolute atomic E-state index is 0.0409. The fraction of sp³-hybridized carbons (Fsp3) is 0.208. The first-order valence-corrected chi connectivity index (χ1v) is 10.1. The van der Waals surface area contributed by atoms with Crippen LogP contribution in [-0.2, 0) is 9.53 Å². The Morgan fingerprint density at radius 1 is 1.16 bits per heavy atom. The molecule has 0 spiro atoms. The van der Waals surface area contributed by atoms with Gasteiger partial charge in [-0.15, -0.1) is 0 Å². The Morgan fingerprint density at radius 3 is 2.72 bits per heavy atom. The maximum Gasteiger partial charge on any atom is 0.349 e. The molecule has 1 atom stereocenters. The summed E-state index contributed by atoms with van der Waals surface area (Å²) in [5.41, 5.74) is -0.0823. The van der Waals surface area contributed by atoms with Gasteiger partial charge in [0.25, 0.3) is 5.91 Å². The maximum atomic E-state index is 12.9. The largest absolute Gasteiger partial charge is 0.423 e. The number of nitrogens with one attached hydrogen (secondary N) is 1. The van der Waals surface area contributed by atoms with Crippen molar-refractivity contribution in [3.05, 3.63) is 82.0 Å². The topological polar surface area (TPSA) is 94.8 Å². The van der Waals surface area contributed by atoms with Crippen molar-refractivity contribution in [2.24, 2.45) is 0 Å². The number of hydrogen-bond donors (Lipinski definition) is 1. The van der Waals surface area contributed by atoms with E-state index in [1.165, 1.54) is 54.6 Å². The molecule has 164 valence electrons. The lowest BCUT2D eigenvalue weighted by atomic mass is 10.1. The summed E-state index contributed by atoms with van der Waals surface area (Å²) in [4.78, 5) is 36.7. The third kappa shape index (κ3) is 5.28. The van der Waals surface area contributed by atoms with Crippen molar-refractivity contribution >= 4 is 28.9 Å². The number of rotatable bonds is 6. The molecular weight excluding hydrogens is 417 g/mol.